The van der Waals surface area contributed by atoms with E-state index in [0.717, 1.165) is 34.3 Å². The molecular weight excluding hydrogens is 344 g/mol. The Balaban J connectivity index is 1.83. The summed E-state index contributed by atoms with van der Waals surface area (Å²) in [6.45, 7) is 7.69. The Morgan fingerprint density at radius 2 is 1.77 bits per heavy atom. The standard InChI is InChI=1S/C21H23ClN4/c1-4-26(19-7-5-6-15(2)12-19)20-13-16(3)24-21(25-20)23-14-17-8-10-18(22)11-9-17/h5-13H,4,14H2,1-3H3,(H,23,24,25). The maximum atomic E-state index is 5.94. The van der Waals surface area contributed by atoms with Crippen molar-refractivity contribution >= 4 is 29.1 Å². The summed E-state index contributed by atoms with van der Waals surface area (Å²) < 4.78 is 0. The maximum Gasteiger partial charge on any atom is 0.225 e. The SMILES string of the molecule is CCN(c1cccc(C)c1)c1cc(C)nc(NCc2ccc(Cl)cc2)n1. The van der Waals surface area contributed by atoms with Gasteiger partial charge in [-0.1, -0.05) is 35.9 Å². The van der Waals surface area contributed by atoms with E-state index in [2.05, 4.69) is 53.3 Å². The molecule has 134 valence electrons. The minimum atomic E-state index is 0.626. The van der Waals surface area contributed by atoms with Crippen LogP contribution in [-0.2, 0) is 6.54 Å². The van der Waals surface area contributed by atoms with E-state index in [0.29, 0.717) is 12.5 Å². The van der Waals surface area contributed by atoms with Gasteiger partial charge in [-0.2, -0.15) is 4.98 Å². The van der Waals surface area contributed by atoms with Crippen LogP contribution >= 0.6 is 11.6 Å². The summed E-state index contributed by atoms with van der Waals surface area (Å²) in [6, 6.07) is 18.2. The monoisotopic (exact) mass is 366 g/mol. The van der Waals surface area contributed by atoms with Crippen molar-refractivity contribution in [3.05, 3.63) is 76.4 Å². The van der Waals surface area contributed by atoms with Gasteiger partial charge in [0.15, 0.2) is 0 Å². The zero-order valence-corrected chi connectivity index (χ0v) is 16.1. The average molecular weight is 367 g/mol. The molecule has 0 atom stereocenters. The minimum Gasteiger partial charge on any atom is -0.350 e. The Hall–Kier alpha value is -2.59. The first-order valence-electron chi connectivity index (χ1n) is 8.73. The smallest absolute Gasteiger partial charge is 0.225 e. The van der Waals surface area contributed by atoms with E-state index in [4.69, 9.17) is 16.6 Å². The number of halogens is 1. The summed E-state index contributed by atoms with van der Waals surface area (Å²) in [5, 5.41) is 4.05. The summed E-state index contributed by atoms with van der Waals surface area (Å²) in [6.07, 6.45) is 0. The first kappa shape index (κ1) is 18.2. The van der Waals surface area contributed by atoms with Crippen molar-refractivity contribution in [1.29, 1.82) is 0 Å². The van der Waals surface area contributed by atoms with Crippen LogP contribution < -0.4 is 10.2 Å². The summed E-state index contributed by atoms with van der Waals surface area (Å²) >= 11 is 5.94. The van der Waals surface area contributed by atoms with Crippen molar-refractivity contribution in [3.63, 3.8) is 0 Å². The molecule has 0 fully saturated rings. The molecule has 0 saturated heterocycles. The Morgan fingerprint density at radius 1 is 1.00 bits per heavy atom. The number of rotatable bonds is 6. The summed E-state index contributed by atoms with van der Waals surface area (Å²) in [5.74, 6) is 1.52. The molecule has 5 heteroatoms. The lowest BCUT2D eigenvalue weighted by Gasteiger charge is -2.23. The third kappa shape index (κ3) is 4.52. The number of benzene rings is 2. The predicted octanol–water partition coefficient (Wildman–Crippen LogP) is 5.52. The van der Waals surface area contributed by atoms with Gasteiger partial charge < -0.3 is 10.2 Å². The van der Waals surface area contributed by atoms with Crippen LogP contribution in [0.1, 0.15) is 23.7 Å². The lowest BCUT2D eigenvalue weighted by Crippen LogP contribution is -2.19. The van der Waals surface area contributed by atoms with Crippen molar-refractivity contribution in [2.45, 2.75) is 27.3 Å². The number of hydrogen-bond donors (Lipinski definition) is 1. The molecule has 1 heterocycles. The zero-order chi connectivity index (χ0) is 18.5. The van der Waals surface area contributed by atoms with Crippen LogP contribution in [0.3, 0.4) is 0 Å². The third-order valence-electron chi connectivity index (χ3n) is 4.11. The zero-order valence-electron chi connectivity index (χ0n) is 15.3. The molecule has 3 rings (SSSR count). The van der Waals surface area contributed by atoms with Crippen molar-refractivity contribution in [1.82, 2.24) is 9.97 Å². The molecule has 26 heavy (non-hydrogen) atoms. The van der Waals surface area contributed by atoms with E-state index < -0.39 is 0 Å². The average Bonchev–Trinajstić information content (AvgIpc) is 2.62. The van der Waals surface area contributed by atoms with Gasteiger partial charge in [-0.25, -0.2) is 4.98 Å². The van der Waals surface area contributed by atoms with Crippen LogP contribution in [0.5, 0.6) is 0 Å². The van der Waals surface area contributed by atoms with Crippen LogP contribution in [0.15, 0.2) is 54.6 Å². The highest BCUT2D eigenvalue weighted by molar-refractivity contribution is 6.30. The van der Waals surface area contributed by atoms with Gasteiger partial charge in [0, 0.05) is 35.6 Å². The van der Waals surface area contributed by atoms with E-state index in [-0.39, 0.29) is 0 Å². The van der Waals surface area contributed by atoms with E-state index in [1.807, 2.05) is 37.3 Å². The van der Waals surface area contributed by atoms with E-state index in [1.165, 1.54) is 5.56 Å². The molecule has 4 nitrogen and oxygen atoms in total. The second kappa shape index (κ2) is 8.19. The van der Waals surface area contributed by atoms with Crippen LogP contribution in [0, 0.1) is 13.8 Å². The lowest BCUT2D eigenvalue weighted by atomic mass is 10.2. The topological polar surface area (TPSA) is 41.1 Å². The molecule has 0 bridgehead atoms. The third-order valence-corrected chi connectivity index (χ3v) is 4.36. The number of aryl methyl sites for hydroxylation is 2. The van der Waals surface area contributed by atoms with Crippen LogP contribution in [0.25, 0.3) is 0 Å². The number of aromatic nitrogens is 2. The van der Waals surface area contributed by atoms with Gasteiger partial charge in [-0.15, -0.1) is 0 Å². The molecule has 0 aliphatic carbocycles. The molecule has 0 saturated carbocycles. The number of nitrogens with zero attached hydrogens (tertiary/aromatic N) is 3. The number of hydrogen-bond acceptors (Lipinski definition) is 4. The molecule has 0 aliphatic rings. The van der Waals surface area contributed by atoms with Gasteiger partial charge in [-0.3, -0.25) is 0 Å². The molecule has 1 aromatic heterocycles. The summed E-state index contributed by atoms with van der Waals surface area (Å²) in [7, 11) is 0. The molecule has 0 aliphatic heterocycles. The predicted molar refractivity (Wildman–Crippen MR) is 109 cm³/mol. The minimum absolute atomic E-state index is 0.626. The number of nitrogens with one attached hydrogen (secondary N) is 1. The Kier molecular flexibility index (Phi) is 5.74. The Bertz CT molecular complexity index is 877. The van der Waals surface area contributed by atoms with E-state index in [9.17, 15) is 0 Å². The van der Waals surface area contributed by atoms with Crippen molar-refractivity contribution in [2.75, 3.05) is 16.8 Å². The highest BCUT2D eigenvalue weighted by Gasteiger charge is 2.11. The largest absolute Gasteiger partial charge is 0.350 e. The second-order valence-electron chi connectivity index (χ2n) is 6.25. The molecule has 0 unspecified atom stereocenters. The quantitative estimate of drug-likeness (QED) is 0.623. The molecule has 3 aromatic rings. The Labute approximate surface area is 159 Å². The fourth-order valence-corrected chi connectivity index (χ4v) is 2.95. The highest BCUT2D eigenvalue weighted by Crippen LogP contribution is 2.25. The molecule has 0 amide bonds. The highest BCUT2D eigenvalue weighted by atomic mass is 35.5. The van der Waals surface area contributed by atoms with Crippen LogP contribution in [0.4, 0.5) is 17.5 Å². The number of anilines is 3. The van der Waals surface area contributed by atoms with Crippen LogP contribution in [-0.4, -0.2) is 16.5 Å². The second-order valence-corrected chi connectivity index (χ2v) is 6.69. The van der Waals surface area contributed by atoms with E-state index >= 15 is 0 Å². The first-order valence-corrected chi connectivity index (χ1v) is 9.11. The normalized spacial score (nSPS) is 10.6. The van der Waals surface area contributed by atoms with Gasteiger partial charge in [-0.05, 0) is 56.2 Å². The van der Waals surface area contributed by atoms with Gasteiger partial charge in [0.1, 0.15) is 5.82 Å². The molecule has 0 radical (unpaired) electrons. The maximum absolute atomic E-state index is 5.94. The van der Waals surface area contributed by atoms with Crippen molar-refractivity contribution < 1.29 is 0 Å². The van der Waals surface area contributed by atoms with Gasteiger partial charge in [0.2, 0.25) is 5.95 Å². The van der Waals surface area contributed by atoms with Crippen molar-refractivity contribution in [3.8, 4) is 0 Å². The van der Waals surface area contributed by atoms with Crippen molar-refractivity contribution in [2.24, 2.45) is 0 Å². The molecule has 2 aromatic carbocycles. The fraction of sp³-hybridized carbons (Fsp3) is 0.238. The molecule has 1 N–H and O–H groups in total. The first-order chi connectivity index (χ1) is 12.5. The van der Waals surface area contributed by atoms with Gasteiger partial charge in [0.05, 0.1) is 0 Å². The molecular formula is C21H23ClN4. The van der Waals surface area contributed by atoms with Crippen LogP contribution in [0.2, 0.25) is 5.02 Å². The summed E-state index contributed by atoms with van der Waals surface area (Å²) in [5.41, 5.74) is 4.42. The Morgan fingerprint density at radius 3 is 2.46 bits per heavy atom. The summed E-state index contributed by atoms with van der Waals surface area (Å²) in [4.78, 5) is 11.4. The van der Waals surface area contributed by atoms with E-state index in [1.54, 1.807) is 0 Å². The molecule has 0 spiro atoms. The lowest BCUT2D eigenvalue weighted by molar-refractivity contribution is 0.954. The van der Waals surface area contributed by atoms with Gasteiger partial charge >= 0.3 is 0 Å². The fourth-order valence-electron chi connectivity index (χ4n) is 2.83. The van der Waals surface area contributed by atoms with Gasteiger partial charge in [0.25, 0.3) is 0 Å².